The highest BCUT2D eigenvalue weighted by molar-refractivity contribution is 5.93. The van der Waals surface area contributed by atoms with Gasteiger partial charge in [-0.25, -0.2) is 9.97 Å². The van der Waals surface area contributed by atoms with Crippen molar-refractivity contribution >= 4 is 45.4 Å². The first-order valence-corrected chi connectivity index (χ1v) is 15.3. The number of fused-ring (bicyclic) bond motifs is 10. The highest BCUT2D eigenvalue weighted by Crippen LogP contribution is 2.38. The monoisotopic (exact) mass is 566 g/mol. The Balaban J connectivity index is 1.34. The molecule has 0 unspecified atom stereocenters. The van der Waals surface area contributed by atoms with Gasteiger partial charge in [-0.15, -0.1) is 0 Å². The van der Waals surface area contributed by atoms with Crippen molar-refractivity contribution in [3.8, 4) is 0 Å². The average Bonchev–Trinajstić information content (AvgIpc) is 3.89. The van der Waals surface area contributed by atoms with E-state index in [9.17, 15) is 0 Å². The van der Waals surface area contributed by atoms with E-state index >= 15 is 0 Å². The molecule has 0 spiro atoms. The summed E-state index contributed by atoms with van der Waals surface area (Å²) in [4.78, 5) is 17.9. The van der Waals surface area contributed by atoms with E-state index in [1.807, 2.05) is 0 Å². The molecular weight excluding hydrogens is 536 g/mol. The largest absolute Gasteiger partial charge is 0.353 e. The minimum Gasteiger partial charge on any atom is -0.353 e. The summed E-state index contributed by atoms with van der Waals surface area (Å²) in [5.74, 6) is 0.841. The van der Waals surface area contributed by atoms with Crippen molar-refractivity contribution in [3.05, 3.63) is 168 Å². The molecule has 44 heavy (non-hydrogen) atoms. The molecule has 4 heteroatoms. The second kappa shape index (κ2) is 10.1. The van der Waals surface area contributed by atoms with E-state index in [4.69, 9.17) is 9.97 Å². The predicted octanol–water partition coefficient (Wildman–Crippen LogP) is 9.30. The highest BCUT2D eigenvalue weighted by atomic mass is 14.8. The Morgan fingerprint density at radius 3 is 1.16 bits per heavy atom. The van der Waals surface area contributed by atoms with E-state index in [1.165, 1.54) is 22.3 Å². The van der Waals surface area contributed by atoms with Gasteiger partial charge in [-0.3, -0.25) is 0 Å². The van der Waals surface area contributed by atoms with Crippen molar-refractivity contribution in [2.45, 2.75) is 11.8 Å². The highest BCUT2D eigenvalue weighted by Gasteiger charge is 2.23. The quantitative estimate of drug-likeness (QED) is 0.331. The van der Waals surface area contributed by atoms with E-state index in [2.05, 4.69) is 156 Å². The van der Waals surface area contributed by atoms with Crippen LogP contribution in [0.3, 0.4) is 0 Å². The maximum atomic E-state index is 5.21. The molecule has 0 radical (unpaired) electrons. The summed E-state index contributed by atoms with van der Waals surface area (Å²) >= 11 is 0. The molecule has 2 N–H and O–H groups in total. The lowest BCUT2D eigenvalue weighted by Crippen LogP contribution is -1.94. The predicted molar refractivity (Wildman–Crippen MR) is 182 cm³/mol. The summed E-state index contributed by atoms with van der Waals surface area (Å²) in [5.41, 5.74) is 13.0. The van der Waals surface area contributed by atoms with Crippen molar-refractivity contribution < 1.29 is 0 Å². The number of aromatic nitrogens is 4. The van der Waals surface area contributed by atoms with Gasteiger partial charge in [0.1, 0.15) is 0 Å². The molecule has 9 rings (SSSR count). The zero-order chi connectivity index (χ0) is 29.0. The molecule has 0 aromatic carbocycles. The van der Waals surface area contributed by atoms with Crippen LogP contribution in [0.15, 0.2) is 134 Å². The van der Waals surface area contributed by atoms with Crippen LogP contribution in [-0.2, 0) is 0 Å². The van der Waals surface area contributed by atoms with E-state index in [1.54, 1.807) is 0 Å². The average molecular weight is 567 g/mol. The van der Waals surface area contributed by atoms with Crippen LogP contribution in [0.5, 0.6) is 0 Å². The van der Waals surface area contributed by atoms with Gasteiger partial charge in [0.25, 0.3) is 0 Å². The number of H-pyrrole nitrogens is 2. The number of nitrogens with zero attached hydrogens (tertiary/aromatic N) is 2. The first-order chi connectivity index (χ1) is 21.8. The number of nitrogens with one attached hydrogen (secondary N) is 2. The van der Waals surface area contributed by atoms with E-state index in [0.717, 1.165) is 44.8 Å². The summed E-state index contributed by atoms with van der Waals surface area (Å²) < 4.78 is 0. The lowest BCUT2D eigenvalue weighted by atomic mass is 9.96. The van der Waals surface area contributed by atoms with Crippen LogP contribution in [0.4, 0.5) is 0 Å². The van der Waals surface area contributed by atoms with Crippen molar-refractivity contribution in [2.75, 3.05) is 0 Å². The van der Waals surface area contributed by atoms with Crippen LogP contribution in [-0.4, -0.2) is 19.9 Å². The normalized spacial score (nSPS) is 19.0. The Hall–Kier alpha value is -5.48. The first kappa shape index (κ1) is 25.1. The Labute approximate surface area is 256 Å². The fourth-order valence-electron chi connectivity index (χ4n) is 6.93. The SMILES string of the molecule is C1=CC(C2=Cc3nc2ccc2nc(c4cc(C5C=CC=C5)c(ccc5[nH]c3cc5C3C=CC=C3)[nH]4)C=C2C2C=CC=C2)C=C1. The van der Waals surface area contributed by atoms with Crippen LogP contribution in [0.25, 0.3) is 45.4 Å². The van der Waals surface area contributed by atoms with Gasteiger partial charge in [-0.2, -0.15) is 0 Å². The third-order valence-electron chi connectivity index (χ3n) is 9.21. The summed E-state index contributed by atoms with van der Waals surface area (Å²) in [6, 6.07) is 13.3. The van der Waals surface area contributed by atoms with E-state index in [0.29, 0.717) is 0 Å². The third-order valence-corrected chi connectivity index (χ3v) is 9.21. The molecule has 4 aliphatic carbocycles. The number of rotatable bonds is 4. The Morgan fingerprint density at radius 1 is 0.409 bits per heavy atom. The van der Waals surface area contributed by atoms with Gasteiger partial charge in [-0.05, 0) is 70.8 Å². The number of aromatic amines is 2. The lowest BCUT2D eigenvalue weighted by Gasteiger charge is -2.07. The van der Waals surface area contributed by atoms with Crippen LogP contribution in [0.2, 0.25) is 0 Å². The second-order valence-corrected chi connectivity index (χ2v) is 11.9. The van der Waals surface area contributed by atoms with Crippen LogP contribution >= 0.6 is 0 Å². The molecule has 210 valence electrons. The fourth-order valence-corrected chi connectivity index (χ4v) is 6.93. The molecule has 6 aliphatic rings. The minimum absolute atomic E-state index is 0.199. The van der Waals surface area contributed by atoms with Gasteiger partial charge in [0.05, 0.1) is 33.8 Å². The maximum Gasteiger partial charge on any atom is 0.0875 e. The second-order valence-electron chi connectivity index (χ2n) is 11.9. The lowest BCUT2D eigenvalue weighted by molar-refractivity contribution is 1.10. The summed E-state index contributed by atoms with van der Waals surface area (Å²) in [5, 5.41) is 0. The number of hydrogen-bond acceptors (Lipinski definition) is 2. The molecule has 8 bridgehead atoms. The number of allylic oxidation sites excluding steroid dienone is 18. The van der Waals surface area contributed by atoms with Gasteiger partial charge in [0.2, 0.25) is 0 Å². The summed E-state index contributed by atoms with van der Waals surface area (Å²) in [6.07, 6.45) is 39.4. The molecule has 0 saturated carbocycles. The van der Waals surface area contributed by atoms with E-state index in [-0.39, 0.29) is 23.7 Å². The summed E-state index contributed by atoms with van der Waals surface area (Å²) in [7, 11) is 0. The minimum atomic E-state index is 0.199. The molecule has 0 amide bonds. The van der Waals surface area contributed by atoms with Gasteiger partial charge in [0, 0.05) is 34.7 Å². The molecule has 0 fully saturated rings. The van der Waals surface area contributed by atoms with Gasteiger partial charge < -0.3 is 9.97 Å². The zero-order valence-electron chi connectivity index (χ0n) is 24.1. The fraction of sp³-hybridized carbons (Fsp3) is 0.100. The van der Waals surface area contributed by atoms with Crippen LogP contribution in [0, 0.1) is 11.8 Å². The van der Waals surface area contributed by atoms with Gasteiger partial charge >= 0.3 is 0 Å². The van der Waals surface area contributed by atoms with Crippen LogP contribution in [0.1, 0.15) is 45.7 Å². The summed E-state index contributed by atoms with van der Waals surface area (Å²) in [6.45, 7) is 0. The van der Waals surface area contributed by atoms with Gasteiger partial charge in [0.15, 0.2) is 0 Å². The first-order valence-electron chi connectivity index (χ1n) is 15.3. The van der Waals surface area contributed by atoms with Crippen molar-refractivity contribution in [1.29, 1.82) is 0 Å². The molecule has 0 saturated heterocycles. The van der Waals surface area contributed by atoms with Crippen molar-refractivity contribution in [3.63, 3.8) is 0 Å². The smallest absolute Gasteiger partial charge is 0.0875 e. The molecular formula is C40H30N4. The van der Waals surface area contributed by atoms with E-state index < -0.39 is 0 Å². The maximum absolute atomic E-state index is 5.21. The van der Waals surface area contributed by atoms with Gasteiger partial charge in [-0.1, -0.05) is 97.2 Å². The molecule has 3 aromatic heterocycles. The molecule has 5 heterocycles. The molecule has 0 atom stereocenters. The van der Waals surface area contributed by atoms with Crippen molar-refractivity contribution in [2.24, 2.45) is 11.8 Å². The van der Waals surface area contributed by atoms with Crippen LogP contribution < -0.4 is 0 Å². The molecule has 4 nitrogen and oxygen atoms in total. The molecule has 2 aliphatic heterocycles. The third kappa shape index (κ3) is 4.22. The molecule has 3 aromatic rings. The Morgan fingerprint density at radius 2 is 0.773 bits per heavy atom. The Kier molecular flexibility index (Phi) is 5.73. The standard InChI is InChI=1S/C40H30N4/c1-2-10-25(9-1)29-21-37-38-22-30(26-11-3-4-12-26)35(42-38)19-20-36-32(28-15-7-8-16-28)24-40(44-36)39-23-31(27-13-5-6-14-27)34(43-39)18-17-33(29)41-37/h1-28,41,43H. The van der Waals surface area contributed by atoms with Crippen molar-refractivity contribution in [1.82, 2.24) is 19.9 Å². The topological polar surface area (TPSA) is 57.4 Å². The Bertz CT molecular complexity index is 1990. The number of hydrogen-bond donors (Lipinski definition) is 2. The zero-order valence-corrected chi connectivity index (χ0v) is 24.1.